The summed E-state index contributed by atoms with van der Waals surface area (Å²) in [5, 5.41) is 6.29. The van der Waals surface area contributed by atoms with Crippen LogP contribution in [0.2, 0.25) is 0 Å². The monoisotopic (exact) mass is 358 g/mol. The molecule has 1 rings (SSSR count). The summed E-state index contributed by atoms with van der Waals surface area (Å²) in [6.07, 6.45) is 0.966. The number of halogens is 2. The first-order chi connectivity index (χ1) is 12.0. The van der Waals surface area contributed by atoms with Crippen molar-refractivity contribution < 1.29 is 18.3 Å². The van der Waals surface area contributed by atoms with E-state index in [1.54, 1.807) is 32.2 Å². The van der Waals surface area contributed by atoms with Crippen LogP contribution in [-0.4, -0.2) is 58.3 Å². The molecule has 0 fully saturated rings. The summed E-state index contributed by atoms with van der Waals surface area (Å²) < 4.78 is 35.5. The Kier molecular flexibility index (Phi) is 9.61. The summed E-state index contributed by atoms with van der Waals surface area (Å²) in [7, 11) is 5.69. The van der Waals surface area contributed by atoms with Gasteiger partial charge in [-0.15, -0.1) is 0 Å². The van der Waals surface area contributed by atoms with Gasteiger partial charge in [0, 0.05) is 25.7 Å². The van der Waals surface area contributed by atoms with E-state index in [1.807, 2.05) is 14.1 Å². The lowest BCUT2D eigenvalue weighted by Gasteiger charge is -2.17. The summed E-state index contributed by atoms with van der Waals surface area (Å²) in [5.74, 6) is 0.953. The van der Waals surface area contributed by atoms with Crippen LogP contribution in [0, 0.1) is 0 Å². The maximum atomic E-state index is 12.7. The molecule has 25 heavy (non-hydrogen) atoms. The van der Waals surface area contributed by atoms with Crippen molar-refractivity contribution in [2.75, 3.05) is 40.8 Å². The number of alkyl halides is 2. The Morgan fingerprint density at radius 3 is 2.64 bits per heavy atom. The molecule has 0 amide bonds. The number of aliphatic imine (C=N–C) groups is 1. The third kappa shape index (κ3) is 8.02. The topological polar surface area (TPSA) is 58.1 Å². The van der Waals surface area contributed by atoms with E-state index >= 15 is 0 Å². The van der Waals surface area contributed by atoms with Crippen LogP contribution >= 0.6 is 0 Å². The molecule has 6 nitrogen and oxygen atoms in total. The van der Waals surface area contributed by atoms with Crippen molar-refractivity contribution in [3.05, 3.63) is 23.8 Å². The van der Waals surface area contributed by atoms with Crippen LogP contribution in [0.4, 0.5) is 8.78 Å². The second kappa shape index (κ2) is 11.5. The summed E-state index contributed by atoms with van der Waals surface area (Å²) >= 11 is 0. The maximum Gasteiger partial charge on any atom is 0.387 e. The number of para-hydroxylation sites is 1. The van der Waals surface area contributed by atoms with Gasteiger partial charge in [-0.1, -0.05) is 12.1 Å². The van der Waals surface area contributed by atoms with Crippen LogP contribution in [0.5, 0.6) is 11.5 Å². The molecule has 0 aliphatic carbocycles. The number of hydrogen-bond donors (Lipinski definition) is 2. The van der Waals surface area contributed by atoms with Gasteiger partial charge in [0.25, 0.3) is 0 Å². The van der Waals surface area contributed by atoms with Gasteiger partial charge in [0.05, 0.1) is 6.61 Å². The minimum Gasteiger partial charge on any atom is -0.490 e. The predicted octanol–water partition coefficient (Wildman–Crippen LogP) is 2.30. The summed E-state index contributed by atoms with van der Waals surface area (Å²) in [5.41, 5.74) is 0.572. The van der Waals surface area contributed by atoms with Crippen molar-refractivity contribution in [2.24, 2.45) is 4.99 Å². The quantitative estimate of drug-likeness (QED) is 0.382. The first-order valence-corrected chi connectivity index (χ1v) is 8.26. The normalized spacial score (nSPS) is 11.8. The fraction of sp³-hybridized carbons (Fsp3) is 0.588. The minimum absolute atomic E-state index is 0.0508. The average molecular weight is 358 g/mol. The van der Waals surface area contributed by atoms with E-state index in [0.717, 1.165) is 19.5 Å². The highest BCUT2D eigenvalue weighted by atomic mass is 19.3. The van der Waals surface area contributed by atoms with Crippen molar-refractivity contribution in [1.29, 1.82) is 0 Å². The molecule has 0 aliphatic rings. The lowest BCUT2D eigenvalue weighted by atomic mass is 10.2. The first kappa shape index (κ1) is 21.0. The van der Waals surface area contributed by atoms with E-state index in [4.69, 9.17) is 4.74 Å². The average Bonchev–Trinajstić information content (AvgIpc) is 2.56. The zero-order valence-electron chi connectivity index (χ0n) is 15.3. The fourth-order valence-electron chi connectivity index (χ4n) is 2.19. The Balaban J connectivity index is 2.69. The lowest BCUT2D eigenvalue weighted by molar-refractivity contribution is -0.0520. The molecular formula is C17H28F2N4O2. The van der Waals surface area contributed by atoms with Gasteiger partial charge in [0.2, 0.25) is 0 Å². The van der Waals surface area contributed by atoms with Gasteiger partial charge in [0.1, 0.15) is 0 Å². The van der Waals surface area contributed by atoms with Gasteiger partial charge in [-0.05, 0) is 40.1 Å². The van der Waals surface area contributed by atoms with Gasteiger partial charge in [-0.3, -0.25) is 4.99 Å². The van der Waals surface area contributed by atoms with Crippen LogP contribution in [0.15, 0.2) is 23.2 Å². The Morgan fingerprint density at radius 2 is 2.04 bits per heavy atom. The molecule has 142 valence electrons. The van der Waals surface area contributed by atoms with Crippen LogP contribution in [0.1, 0.15) is 18.9 Å². The fourth-order valence-corrected chi connectivity index (χ4v) is 2.19. The summed E-state index contributed by atoms with van der Waals surface area (Å²) in [6.45, 7) is 1.26. The van der Waals surface area contributed by atoms with Gasteiger partial charge >= 0.3 is 6.61 Å². The third-order valence-electron chi connectivity index (χ3n) is 3.31. The molecule has 0 aliphatic heterocycles. The van der Waals surface area contributed by atoms with Crippen molar-refractivity contribution in [3.63, 3.8) is 0 Å². The molecule has 2 N–H and O–H groups in total. The van der Waals surface area contributed by atoms with Crippen LogP contribution in [0.25, 0.3) is 0 Å². The molecule has 0 atom stereocenters. The summed E-state index contributed by atoms with van der Waals surface area (Å²) in [6, 6.07) is 5.07. The Labute approximate surface area is 148 Å². The molecule has 1 aromatic rings. The smallest absolute Gasteiger partial charge is 0.387 e. The minimum atomic E-state index is -2.91. The zero-order chi connectivity index (χ0) is 18.7. The van der Waals surface area contributed by atoms with Gasteiger partial charge in [0.15, 0.2) is 17.5 Å². The van der Waals surface area contributed by atoms with Crippen molar-refractivity contribution in [2.45, 2.75) is 26.5 Å². The number of guanidine groups is 1. The van der Waals surface area contributed by atoms with Crippen molar-refractivity contribution in [3.8, 4) is 11.5 Å². The number of benzene rings is 1. The highest BCUT2D eigenvalue weighted by Gasteiger charge is 2.15. The predicted molar refractivity (Wildman–Crippen MR) is 95.6 cm³/mol. The van der Waals surface area contributed by atoms with Crippen LogP contribution in [0.3, 0.4) is 0 Å². The van der Waals surface area contributed by atoms with Crippen LogP contribution < -0.4 is 20.1 Å². The third-order valence-corrected chi connectivity index (χ3v) is 3.31. The molecule has 0 saturated carbocycles. The van der Waals surface area contributed by atoms with Crippen molar-refractivity contribution in [1.82, 2.24) is 15.5 Å². The maximum absolute atomic E-state index is 12.7. The molecule has 0 spiro atoms. The Morgan fingerprint density at radius 1 is 1.28 bits per heavy atom. The molecule has 0 bridgehead atoms. The molecule has 1 aromatic carbocycles. The SMILES string of the molecule is CCOc1cccc(CNC(=NC)NCCCN(C)C)c1OC(F)F. The second-order valence-corrected chi connectivity index (χ2v) is 5.57. The molecule has 0 aromatic heterocycles. The van der Waals surface area contributed by atoms with E-state index < -0.39 is 6.61 Å². The van der Waals surface area contributed by atoms with E-state index in [1.165, 1.54) is 0 Å². The lowest BCUT2D eigenvalue weighted by Crippen LogP contribution is -2.38. The molecule has 0 radical (unpaired) electrons. The number of nitrogens with zero attached hydrogens (tertiary/aromatic N) is 2. The molecule has 8 heteroatoms. The first-order valence-electron chi connectivity index (χ1n) is 8.26. The largest absolute Gasteiger partial charge is 0.490 e. The summed E-state index contributed by atoms with van der Waals surface area (Å²) in [4.78, 5) is 6.23. The zero-order valence-corrected chi connectivity index (χ0v) is 15.3. The second-order valence-electron chi connectivity index (χ2n) is 5.57. The molecule has 0 heterocycles. The van der Waals surface area contributed by atoms with Gasteiger partial charge < -0.3 is 25.0 Å². The van der Waals surface area contributed by atoms with E-state index in [9.17, 15) is 8.78 Å². The van der Waals surface area contributed by atoms with E-state index in [2.05, 4.69) is 25.3 Å². The van der Waals surface area contributed by atoms with Crippen LogP contribution in [-0.2, 0) is 6.54 Å². The highest BCUT2D eigenvalue weighted by molar-refractivity contribution is 5.79. The molecule has 0 unspecified atom stereocenters. The number of ether oxygens (including phenoxy) is 2. The number of nitrogens with one attached hydrogen (secondary N) is 2. The van der Waals surface area contributed by atoms with Gasteiger partial charge in [-0.2, -0.15) is 8.78 Å². The highest BCUT2D eigenvalue weighted by Crippen LogP contribution is 2.32. The number of hydrogen-bond acceptors (Lipinski definition) is 4. The van der Waals surface area contributed by atoms with E-state index in [-0.39, 0.29) is 12.3 Å². The van der Waals surface area contributed by atoms with Gasteiger partial charge in [-0.25, -0.2) is 0 Å². The Hall–Kier alpha value is -2.09. The molecule has 0 saturated heterocycles. The van der Waals surface area contributed by atoms with Crippen molar-refractivity contribution >= 4 is 5.96 Å². The molecular weight excluding hydrogens is 330 g/mol. The van der Waals surface area contributed by atoms with E-state index in [0.29, 0.717) is 23.9 Å². The standard InChI is InChI=1S/C17H28F2N4O2/c1-5-24-14-9-6-8-13(15(14)25-16(18)19)12-22-17(20-2)21-10-7-11-23(3)4/h6,8-9,16H,5,7,10-12H2,1-4H3,(H2,20,21,22). The Bertz CT molecular complexity index is 539. The number of rotatable bonds is 10.